The zero-order chi connectivity index (χ0) is 28.4. The number of Topliss-reactive ketones (excluding diaryl/α,β-unsaturated/α-hetero) is 3. The molecule has 2 amide bonds. The third kappa shape index (κ3) is 3.92. The molecular weight excluding hydrogens is 508 g/mol. The van der Waals surface area contributed by atoms with Gasteiger partial charge in [-0.2, -0.15) is 0 Å². The van der Waals surface area contributed by atoms with E-state index in [4.69, 9.17) is 5.73 Å². The second-order valence-electron chi connectivity index (χ2n) is 10.4. The summed E-state index contributed by atoms with van der Waals surface area (Å²) in [5.41, 5.74) is 4.01. The monoisotopic (exact) mass is 534 g/mol. The van der Waals surface area contributed by atoms with Crippen molar-refractivity contribution in [2.75, 3.05) is 0 Å². The minimum absolute atomic E-state index is 0.0226. The van der Waals surface area contributed by atoms with E-state index in [1.54, 1.807) is 18.2 Å². The lowest BCUT2D eigenvalue weighted by Crippen LogP contribution is -2.65. The normalized spacial score (nSPS) is 27.9. The summed E-state index contributed by atoms with van der Waals surface area (Å²) >= 11 is 0. The molecule has 11 heteroatoms. The number of hydrogen-bond donors (Lipinski definition) is 5. The highest BCUT2D eigenvalue weighted by atomic mass is 16.3. The summed E-state index contributed by atoms with van der Waals surface area (Å²) in [6.07, 6.45) is 4.51. The molecule has 4 aliphatic carbocycles. The molecule has 0 spiro atoms. The molecular formula is C28H26N2O9. The Balaban J connectivity index is 1.69. The molecule has 11 nitrogen and oxygen atoms in total. The first-order valence-electron chi connectivity index (χ1n) is 12.5. The predicted octanol–water partition coefficient (Wildman–Crippen LogP) is 0.346. The van der Waals surface area contributed by atoms with Crippen LogP contribution in [-0.4, -0.2) is 55.9 Å². The molecule has 2 saturated carbocycles. The number of aromatic hydroxyl groups is 1. The number of ketones is 4. The van der Waals surface area contributed by atoms with Gasteiger partial charge in [0.15, 0.2) is 28.9 Å². The van der Waals surface area contributed by atoms with Crippen molar-refractivity contribution in [3.05, 3.63) is 52.1 Å². The summed E-state index contributed by atoms with van der Waals surface area (Å²) in [4.78, 5) is 74.5. The molecule has 4 atom stereocenters. The summed E-state index contributed by atoms with van der Waals surface area (Å²) in [7, 11) is 0. The number of fused-ring (bicyclic) bond motifs is 3. The summed E-state index contributed by atoms with van der Waals surface area (Å²) in [5.74, 6) is -9.80. The van der Waals surface area contributed by atoms with Gasteiger partial charge in [0.1, 0.15) is 11.5 Å². The maximum Gasteiger partial charge on any atom is 0.235 e. The number of carbonyl (C=O) groups excluding carboxylic acids is 6. The number of carbonyl (C=O) groups is 6. The van der Waals surface area contributed by atoms with Crippen molar-refractivity contribution in [3.63, 3.8) is 0 Å². The number of nitrogens with two attached hydrogens (primary N) is 1. The van der Waals surface area contributed by atoms with Crippen molar-refractivity contribution in [3.8, 4) is 5.75 Å². The van der Waals surface area contributed by atoms with E-state index < -0.39 is 64.5 Å². The number of nitrogens with one attached hydrogen (secondary N) is 1. The van der Waals surface area contributed by atoms with E-state index in [-0.39, 0.29) is 54.2 Å². The van der Waals surface area contributed by atoms with Crippen LogP contribution in [0.25, 0.3) is 11.3 Å². The first-order chi connectivity index (χ1) is 18.4. The first-order valence-corrected chi connectivity index (χ1v) is 12.5. The molecule has 0 aromatic heterocycles. The Bertz CT molecular complexity index is 1500. The van der Waals surface area contributed by atoms with Crippen LogP contribution < -0.4 is 11.1 Å². The van der Waals surface area contributed by atoms with Gasteiger partial charge < -0.3 is 26.4 Å². The lowest BCUT2D eigenvalue weighted by atomic mass is 9.56. The van der Waals surface area contributed by atoms with Gasteiger partial charge in [-0.3, -0.25) is 28.8 Å². The van der Waals surface area contributed by atoms with Crippen LogP contribution in [-0.2, 0) is 41.7 Å². The number of amides is 2. The molecule has 1 unspecified atom stereocenters. The molecule has 1 aromatic carbocycles. The van der Waals surface area contributed by atoms with E-state index in [0.717, 1.165) is 0 Å². The Kier molecular flexibility index (Phi) is 6.14. The van der Waals surface area contributed by atoms with Gasteiger partial charge in [0.25, 0.3) is 0 Å². The van der Waals surface area contributed by atoms with Crippen LogP contribution in [0.15, 0.2) is 29.9 Å². The standard InChI is InChI=1S/C28H26N2O9/c1-11(31)30-10-14-8-17(12-2-4-16(32)5-3-12)18-7-13-6-15-9-19(33)22(27(29)38)26(37)28(15,39)25(36)20(13)24(35)21(18)23(14)34/h2-4,8,13,15,22,34-35,39H,5-7,9-10H2,1H3,(H2,29,38)(H,30,31)/t13-,15+,22?,28+/m1/s1. The van der Waals surface area contributed by atoms with Crippen LogP contribution >= 0.6 is 0 Å². The first kappa shape index (κ1) is 26.2. The summed E-state index contributed by atoms with van der Waals surface area (Å²) in [5, 5.41) is 36.5. The third-order valence-corrected chi connectivity index (χ3v) is 8.09. The molecule has 5 rings (SSSR count). The van der Waals surface area contributed by atoms with Crippen molar-refractivity contribution in [1.29, 1.82) is 0 Å². The number of benzene rings is 1. The Morgan fingerprint density at radius 1 is 1.13 bits per heavy atom. The van der Waals surface area contributed by atoms with Gasteiger partial charge in [0.2, 0.25) is 17.6 Å². The van der Waals surface area contributed by atoms with Gasteiger partial charge >= 0.3 is 0 Å². The van der Waals surface area contributed by atoms with Gasteiger partial charge in [0.05, 0.1) is 5.56 Å². The largest absolute Gasteiger partial charge is 0.507 e. The number of phenols is 1. The Hall–Kier alpha value is -4.38. The number of hydrogen-bond acceptors (Lipinski definition) is 9. The lowest BCUT2D eigenvalue weighted by Gasteiger charge is -2.46. The number of primary amides is 1. The molecule has 39 heavy (non-hydrogen) atoms. The van der Waals surface area contributed by atoms with Crippen molar-refractivity contribution < 1.29 is 44.1 Å². The fourth-order valence-electron chi connectivity index (χ4n) is 6.21. The fraction of sp³-hybridized carbons (Fsp3) is 0.357. The molecule has 0 bridgehead atoms. The van der Waals surface area contributed by atoms with Crippen LogP contribution in [0.2, 0.25) is 0 Å². The van der Waals surface area contributed by atoms with Crippen molar-refractivity contribution in [1.82, 2.24) is 5.32 Å². The minimum Gasteiger partial charge on any atom is -0.507 e. The van der Waals surface area contributed by atoms with Crippen LogP contribution in [0.3, 0.4) is 0 Å². The summed E-state index contributed by atoms with van der Waals surface area (Å²) < 4.78 is 0. The maximum atomic E-state index is 13.7. The van der Waals surface area contributed by atoms with Gasteiger partial charge in [-0.15, -0.1) is 0 Å². The topological polar surface area (TPSA) is 201 Å². The fourth-order valence-corrected chi connectivity index (χ4v) is 6.21. The third-order valence-electron chi connectivity index (χ3n) is 8.09. The Morgan fingerprint density at radius 2 is 1.85 bits per heavy atom. The molecule has 0 radical (unpaired) electrons. The van der Waals surface area contributed by atoms with E-state index in [9.17, 15) is 44.1 Å². The molecule has 0 heterocycles. The average Bonchev–Trinajstić information content (AvgIpc) is 2.86. The van der Waals surface area contributed by atoms with E-state index in [0.29, 0.717) is 16.7 Å². The van der Waals surface area contributed by atoms with Crippen molar-refractivity contribution >= 4 is 46.3 Å². The van der Waals surface area contributed by atoms with Gasteiger partial charge in [-0.25, -0.2) is 0 Å². The Morgan fingerprint density at radius 3 is 2.46 bits per heavy atom. The highest BCUT2D eigenvalue weighted by Crippen LogP contribution is 2.52. The van der Waals surface area contributed by atoms with Crippen LogP contribution in [0.4, 0.5) is 0 Å². The minimum atomic E-state index is -2.73. The van der Waals surface area contributed by atoms with Gasteiger partial charge in [0, 0.05) is 43.4 Å². The highest BCUT2D eigenvalue weighted by molar-refractivity contribution is 6.31. The lowest BCUT2D eigenvalue weighted by molar-refractivity contribution is -0.169. The van der Waals surface area contributed by atoms with E-state index in [1.807, 2.05) is 0 Å². The van der Waals surface area contributed by atoms with Crippen LogP contribution in [0, 0.1) is 17.8 Å². The maximum absolute atomic E-state index is 13.7. The number of aliphatic hydroxyl groups excluding tert-OH is 1. The average molecular weight is 535 g/mol. The number of allylic oxidation sites excluding steroid dienone is 4. The zero-order valence-corrected chi connectivity index (χ0v) is 20.9. The van der Waals surface area contributed by atoms with Gasteiger partial charge in [-0.05, 0) is 47.6 Å². The molecule has 2 fully saturated rings. The second-order valence-corrected chi connectivity index (χ2v) is 10.4. The molecule has 4 aliphatic rings. The molecule has 6 N–H and O–H groups in total. The Labute approximate surface area is 222 Å². The molecule has 0 saturated heterocycles. The smallest absolute Gasteiger partial charge is 0.235 e. The number of aliphatic hydroxyl groups is 2. The second kappa shape index (κ2) is 9.12. The van der Waals surface area contributed by atoms with Crippen LogP contribution in [0.1, 0.15) is 48.4 Å². The molecule has 0 aliphatic heterocycles. The predicted molar refractivity (Wildman–Crippen MR) is 134 cm³/mol. The van der Waals surface area contributed by atoms with E-state index in [2.05, 4.69) is 5.32 Å². The summed E-state index contributed by atoms with van der Waals surface area (Å²) in [6.45, 7) is 1.19. The quantitative estimate of drug-likeness (QED) is 0.338. The molecule has 202 valence electrons. The molecule has 1 aromatic rings. The van der Waals surface area contributed by atoms with Gasteiger partial charge in [-0.1, -0.05) is 12.2 Å². The summed E-state index contributed by atoms with van der Waals surface area (Å²) in [6, 6.07) is 1.64. The van der Waals surface area contributed by atoms with E-state index >= 15 is 0 Å². The van der Waals surface area contributed by atoms with Crippen LogP contribution in [0.5, 0.6) is 5.75 Å². The zero-order valence-electron chi connectivity index (χ0n) is 20.9. The number of phenolic OH excluding ortho intramolecular Hbond substituents is 1. The number of rotatable bonds is 4. The van der Waals surface area contributed by atoms with E-state index in [1.165, 1.54) is 13.0 Å². The van der Waals surface area contributed by atoms with Crippen molar-refractivity contribution in [2.24, 2.45) is 23.5 Å². The highest BCUT2D eigenvalue weighted by Gasteiger charge is 2.64. The van der Waals surface area contributed by atoms with Crippen molar-refractivity contribution in [2.45, 2.75) is 44.8 Å². The SMILES string of the molecule is CC(=O)NCc1cc(C2=CCC(=O)C=C2)c2c(c1O)C(O)=C1C(=O)[C@]3(O)C(=O)C(C(N)=O)C(=O)C[C@@H]3C[C@@H]1C2.